The maximum atomic E-state index is 5.94. The number of ether oxygens (including phenoxy) is 1. The molecule has 1 aromatic heterocycles. The number of rotatable bonds is 3. The standard InChI is InChI=1S/C16H11Cl2NO/c17-9-11-10-19-16(15-4-2-1-3-14(11)15)20-13-7-5-12(18)6-8-13/h1-8,10H,9H2. The normalized spacial score (nSPS) is 10.7. The van der Waals surface area contributed by atoms with Gasteiger partial charge in [0.2, 0.25) is 5.88 Å². The summed E-state index contributed by atoms with van der Waals surface area (Å²) in [5, 5.41) is 2.68. The minimum atomic E-state index is 0.425. The Hall–Kier alpha value is -1.77. The first kappa shape index (κ1) is 13.2. The van der Waals surface area contributed by atoms with Gasteiger partial charge >= 0.3 is 0 Å². The van der Waals surface area contributed by atoms with Gasteiger partial charge in [-0.25, -0.2) is 4.98 Å². The summed E-state index contributed by atoms with van der Waals surface area (Å²) < 4.78 is 5.83. The second-order valence-corrected chi connectivity index (χ2v) is 5.03. The van der Waals surface area contributed by atoms with Crippen LogP contribution in [0.5, 0.6) is 11.6 Å². The minimum Gasteiger partial charge on any atom is -0.438 e. The zero-order valence-electron chi connectivity index (χ0n) is 10.5. The Bertz CT molecular complexity index is 741. The van der Waals surface area contributed by atoms with Crippen molar-refractivity contribution in [2.45, 2.75) is 5.88 Å². The Kier molecular flexibility index (Phi) is 3.77. The number of pyridine rings is 1. The van der Waals surface area contributed by atoms with Gasteiger partial charge in [0.05, 0.1) is 0 Å². The van der Waals surface area contributed by atoms with Gasteiger partial charge in [-0.3, -0.25) is 0 Å². The number of fused-ring (bicyclic) bond motifs is 1. The Morgan fingerprint density at radius 2 is 1.65 bits per heavy atom. The van der Waals surface area contributed by atoms with Gasteiger partial charge in [-0.2, -0.15) is 0 Å². The Labute approximate surface area is 126 Å². The molecule has 0 spiro atoms. The van der Waals surface area contributed by atoms with Crippen molar-refractivity contribution in [3.63, 3.8) is 0 Å². The van der Waals surface area contributed by atoms with Crippen LogP contribution in [0, 0.1) is 0 Å². The van der Waals surface area contributed by atoms with Crippen molar-refractivity contribution in [3.05, 3.63) is 65.3 Å². The SMILES string of the molecule is ClCc1cnc(Oc2ccc(Cl)cc2)c2ccccc12. The summed E-state index contributed by atoms with van der Waals surface area (Å²) >= 11 is 11.8. The van der Waals surface area contributed by atoms with Gasteiger partial charge in [-0.1, -0.05) is 29.8 Å². The highest BCUT2D eigenvalue weighted by molar-refractivity contribution is 6.30. The third-order valence-corrected chi connectivity index (χ3v) is 3.55. The molecule has 0 aliphatic rings. The monoisotopic (exact) mass is 303 g/mol. The zero-order chi connectivity index (χ0) is 13.9. The van der Waals surface area contributed by atoms with Gasteiger partial charge in [-0.05, 0) is 41.3 Å². The summed E-state index contributed by atoms with van der Waals surface area (Å²) in [7, 11) is 0. The lowest BCUT2D eigenvalue weighted by Crippen LogP contribution is -1.92. The third kappa shape index (κ3) is 2.58. The van der Waals surface area contributed by atoms with E-state index in [0.717, 1.165) is 16.3 Å². The van der Waals surface area contributed by atoms with E-state index in [2.05, 4.69) is 4.98 Å². The Morgan fingerprint density at radius 1 is 0.950 bits per heavy atom. The van der Waals surface area contributed by atoms with Crippen LogP contribution in [-0.2, 0) is 5.88 Å². The molecule has 4 heteroatoms. The highest BCUT2D eigenvalue weighted by atomic mass is 35.5. The van der Waals surface area contributed by atoms with Crippen LogP contribution in [0.2, 0.25) is 5.02 Å². The van der Waals surface area contributed by atoms with Crippen molar-refractivity contribution in [3.8, 4) is 11.6 Å². The van der Waals surface area contributed by atoms with Crippen LogP contribution in [0.3, 0.4) is 0 Å². The van der Waals surface area contributed by atoms with Crippen LogP contribution in [0.15, 0.2) is 54.7 Å². The molecule has 3 rings (SSSR count). The molecule has 0 unspecified atom stereocenters. The first-order valence-electron chi connectivity index (χ1n) is 6.14. The number of hydrogen-bond donors (Lipinski definition) is 0. The summed E-state index contributed by atoms with van der Waals surface area (Å²) in [5.41, 5.74) is 0.991. The van der Waals surface area contributed by atoms with Crippen LogP contribution in [0.4, 0.5) is 0 Å². The van der Waals surface area contributed by atoms with Crippen molar-refractivity contribution in [2.24, 2.45) is 0 Å². The molecule has 0 saturated carbocycles. The number of nitrogens with zero attached hydrogens (tertiary/aromatic N) is 1. The molecule has 0 atom stereocenters. The first-order chi connectivity index (χ1) is 9.78. The van der Waals surface area contributed by atoms with E-state index in [4.69, 9.17) is 27.9 Å². The molecule has 1 heterocycles. The molecule has 0 aliphatic carbocycles. The second-order valence-electron chi connectivity index (χ2n) is 4.32. The summed E-state index contributed by atoms with van der Waals surface area (Å²) in [6.07, 6.45) is 1.75. The minimum absolute atomic E-state index is 0.425. The number of aromatic nitrogens is 1. The molecule has 2 aromatic carbocycles. The van der Waals surface area contributed by atoms with Crippen LogP contribution >= 0.6 is 23.2 Å². The van der Waals surface area contributed by atoms with Gasteiger partial charge < -0.3 is 4.74 Å². The van der Waals surface area contributed by atoms with E-state index in [9.17, 15) is 0 Å². The van der Waals surface area contributed by atoms with E-state index in [1.54, 1.807) is 18.3 Å². The average molecular weight is 304 g/mol. The quantitative estimate of drug-likeness (QED) is 0.603. The van der Waals surface area contributed by atoms with E-state index in [1.807, 2.05) is 36.4 Å². The predicted molar refractivity (Wildman–Crippen MR) is 82.8 cm³/mol. The number of alkyl halides is 1. The fourth-order valence-corrected chi connectivity index (χ4v) is 2.37. The molecule has 20 heavy (non-hydrogen) atoms. The molecule has 0 radical (unpaired) electrons. The summed E-state index contributed by atoms with van der Waals surface area (Å²) in [6, 6.07) is 15.1. The molecule has 2 nitrogen and oxygen atoms in total. The molecule has 100 valence electrons. The lowest BCUT2D eigenvalue weighted by Gasteiger charge is -2.10. The van der Waals surface area contributed by atoms with Gasteiger partial charge in [0.1, 0.15) is 5.75 Å². The number of benzene rings is 2. The smallest absolute Gasteiger partial charge is 0.227 e. The van der Waals surface area contributed by atoms with E-state index in [1.165, 1.54) is 0 Å². The molecule has 3 aromatic rings. The van der Waals surface area contributed by atoms with Crippen LogP contribution < -0.4 is 4.74 Å². The molecular formula is C16H11Cl2NO. The van der Waals surface area contributed by atoms with Crippen LogP contribution in [0.25, 0.3) is 10.8 Å². The Morgan fingerprint density at radius 3 is 2.35 bits per heavy atom. The molecular weight excluding hydrogens is 293 g/mol. The van der Waals surface area contributed by atoms with Crippen molar-refractivity contribution < 1.29 is 4.74 Å². The van der Waals surface area contributed by atoms with E-state index in [0.29, 0.717) is 22.5 Å². The summed E-state index contributed by atoms with van der Waals surface area (Å²) in [4.78, 5) is 4.36. The van der Waals surface area contributed by atoms with Gasteiger partial charge in [0, 0.05) is 22.5 Å². The fourth-order valence-electron chi connectivity index (χ4n) is 2.03. The third-order valence-electron chi connectivity index (χ3n) is 3.01. The lowest BCUT2D eigenvalue weighted by atomic mass is 10.1. The maximum absolute atomic E-state index is 5.94. The second kappa shape index (κ2) is 5.70. The average Bonchev–Trinajstić information content (AvgIpc) is 2.50. The summed E-state index contributed by atoms with van der Waals surface area (Å²) in [6.45, 7) is 0. The maximum Gasteiger partial charge on any atom is 0.227 e. The zero-order valence-corrected chi connectivity index (χ0v) is 12.0. The van der Waals surface area contributed by atoms with Crippen molar-refractivity contribution >= 4 is 34.0 Å². The lowest BCUT2D eigenvalue weighted by molar-refractivity contribution is 0.469. The van der Waals surface area contributed by atoms with Crippen LogP contribution in [0.1, 0.15) is 5.56 Å². The molecule has 0 N–H and O–H groups in total. The molecule has 0 fully saturated rings. The molecule has 0 saturated heterocycles. The van der Waals surface area contributed by atoms with Gasteiger partial charge in [0.15, 0.2) is 0 Å². The van der Waals surface area contributed by atoms with Crippen LogP contribution in [-0.4, -0.2) is 4.98 Å². The fraction of sp³-hybridized carbons (Fsp3) is 0.0625. The molecule has 0 bridgehead atoms. The van der Waals surface area contributed by atoms with Crippen molar-refractivity contribution in [1.29, 1.82) is 0 Å². The van der Waals surface area contributed by atoms with E-state index in [-0.39, 0.29) is 0 Å². The topological polar surface area (TPSA) is 22.1 Å². The Balaban J connectivity index is 2.06. The largest absolute Gasteiger partial charge is 0.438 e. The van der Waals surface area contributed by atoms with Gasteiger partial charge in [0.25, 0.3) is 0 Å². The van der Waals surface area contributed by atoms with Crippen molar-refractivity contribution in [2.75, 3.05) is 0 Å². The predicted octanol–water partition coefficient (Wildman–Crippen LogP) is 5.42. The highest BCUT2D eigenvalue weighted by Gasteiger charge is 2.08. The molecule has 0 aliphatic heterocycles. The number of hydrogen-bond acceptors (Lipinski definition) is 2. The number of halogens is 2. The van der Waals surface area contributed by atoms with Crippen molar-refractivity contribution in [1.82, 2.24) is 4.98 Å². The first-order valence-corrected chi connectivity index (χ1v) is 7.05. The van der Waals surface area contributed by atoms with E-state index < -0.39 is 0 Å². The molecule has 0 amide bonds. The highest BCUT2D eigenvalue weighted by Crippen LogP contribution is 2.30. The summed E-state index contributed by atoms with van der Waals surface area (Å²) in [5.74, 6) is 1.69. The van der Waals surface area contributed by atoms with Gasteiger partial charge in [-0.15, -0.1) is 11.6 Å². The van der Waals surface area contributed by atoms with E-state index >= 15 is 0 Å².